The van der Waals surface area contributed by atoms with Crippen molar-refractivity contribution in [1.82, 2.24) is 0 Å². The topological polar surface area (TPSA) is 56.8 Å². The van der Waals surface area contributed by atoms with E-state index in [1.165, 1.54) is 18.2 Å². The molecule has 0 aliphatic carbocycles. The van der Waals surface area contributed by atoms with Gasteiger partial charge in [-0.2, -0.15) is 10.5 Å². The molecule has 96 valence electrons. The van der Waals surface area contributed by atoms with Gasteiger partial charge >= 0.3 is 0 Å². The van der Waals surface area contributed by atoms with Crippen LogP contribution in [0.4, 0.5) is 4.39 Å². The van der Waals surface area contributed by atoms with Gasteiger partial charge in [-0.25, -0.2) is 4.39 Å². The summed E-state index contributed by atoms with van der Waals surface area (Å²) in [7, 11) is 0. The van der Waals surface area contributed by atoms with E-state index < -0.39 is 0 Å². The summed E-state index contributed by atoms with van der Waals surface area (Å²) in [4.78, 5) is 0. The number of nitrogens with zero attached hydrogens (tertiary/aromatic N) is 2. The van der Waals surface area contributed by atoms with Crippen molar-refractivity contribution in [3.05, 3.63) is 65.5 Å². The number of hydrogen-bond donors (Lipinski definition) is 0. The molecule has 0 saturated heterocycles. The molecule has 0 N–H and O–H groups in total. The number of benzene rings is 2. The van der Waals surface area contributed by atoms with Crippen molar-refractivity contribution in [1.29, 1.82) is 10.5 Å². The second-order valence-electron chi connectivity index (χ2n) is 3.91. The lowest BCUT2D eigenvalue weighted by Gasteiger charge is -2.05. The Morgan fingerprint density at radius 2 is 1.70 bits per heavy atom. The van der Waals surface area contributed by atoms with E-state index in [9.17, 15) is 4.39 Å². The van der Waals surface area contributed by atoms with Gasteiger partial charge in [-0.15, -0.1) is 0 Å². The molecule has 0 fully saturated rings. The standard InChI is InChI=1S/C16H9FN2O/c17-14-2-1-3-16(9-14)20-15-6-4-12(5-7-15)8-13(10-18)11-19/h1-9H. The van der Waals surface area contributed by atoms with Gasteiger partial charge in [0.05, 0.1) is 0 Å². The first-order chi connectivity index (χ1) is 9.71. The van der Waals surface area contributed by atoms with Crippen LogP contribution < -0.4 is 4.74 Å². The number of halogens is 1. The third-order valence-corrected chi connectivity index (χ3v) is 2.46. The SMILES string of the molecule is N#CC(C#N)=Cc1ccc(Oc2cccc(F)c2)cc1. The zero-order valence-electron chi connectivity index (χ0n) is 10.4. The Bertz CT molecular complexity index is 705. The van der Waals surface area contributed by atoms with E-state index in [4.69, 9.17) is 15.3 Å². The molecule has 0 heterocycles. The molecule has 0 saturated carbocycles. The van der Waals surface area contributed by atoms with Crippen molar-refractivity contribution >= 4 is 6.08 Å². The van der Waals surface area contributed by atoms with Crippen molar-refractivity contribution < 1.29 is 9.13 Å². The molecule has 2 rings (SSSR count). The van der Waals surface area contributed by atoms with Crippen LogP contribution in [-0.2, 0) is 0 Å². The first-order valence-electron chi connectivity index (χ1n) is 5.76. The smallest absolute Gasteiger partial charge is 0.130 e. The molecule has 20 heavy (non-hydrogen) atoms. The van der Waals surface area contributed by atoms with Crippen LogP contribution in [0.15, 0.2) is 54.1 Å². The fourth-order valence-corrected chi connectivity index (χ4v) is 1.55. The minimum absolute atomic E-state index is 0.0313. The largest absolute Gasteiger partial charge is 0.457 e. The zero-order valence-corrected chi connectivity index (χ0v) is 10.4. The molecule has 0 aliphatic rings. The molecule has 2 aromatic carbocycles. The zero-order chi connectivity index (χ0) is 14.4. The molecular formula is C16H9FN2O. The lowest BCUT2D eigenvalue weighted by atomic mass is 10.1. The minimum atomic E-state index is -0.366. The molecule has 0 unspecified atom stereocenters. The lowest BCUT2D eigenvalue weighted by Crippen LogP contribution is -1.85. The van der Waals surface area contributed by atoms with E-state index in [1.807, 2.05) is 0 Å². The summed E-state index contributed by atoms with van der Waals surface area (Å²) >= 11 is 0. The van der Waals surface area contributed by atoms with Gasteiger partial charge in [0.15, 0.2) is 0 Å². The summed E-state index contributed by atoms with van der Waals surface area (Å²) < 4.78 is 18.5. The molecule has 2 aromatic rings. The Morgan fingerprint density at radius 3 is 2.30 bits per heavy atom. The number of nitriles is 2. The summed E-state index contributed by atoms with van der Waals surface area (Å²) in [5.41, 5.74) is 0.749. The summed E-state index contributed by atoms with van der Waals surface area (Å²) in [5.74, 6) is 0.584. The predicted molar refractivity (Wildman–Crippen MR) is 72.1 cm³/mol. The molecule has 0 amide bonds. The maximum atomic E-state index is 13.0. The van der Waals surface area contributed by atoms with Crippen molar-refractivity contribution in [2.75, 3.05) is 0 Å². The van der Waals surface area contributed by atoms with Gasteiger partial charge in [0.2, 0.25) is 0 Å². The van der Waals surface area contributed by atoms with Crippen LogP contribution in [0, 0.1) is 28.5 Å². The quantitative estimate of drug-likeness (QED) is 0.786. The second kappa shape index (κ2) is 6.17. The van der Waals surface area contributed by atoms with E-state index in [1.54, 1.807) is 48.5 Å². The second-order valence-corrected chi connectivity index (χ2v) is 3.91. The van der Waals surface area contributed by atoms with Crippen LogP contribution in [0.3, 0.4) is 0 Å². The highest BCUT2D eigenvalue weighted by Crippen LogP contribution is 2.22. The summed E-state index contributed by atoms with van der Waals surface area (Å²) in [6.07, 6.45) is 1.48. The van der Waals surface area contributed by atoms with Crippen LogP contribution in [0.2, 0.25) is 0 Å². The monoisotopic (exact) mass is 264 g/mol. The Morgan fingerprint density at radius 1 is 1.00 bits per heavy atom. The molecule has 0 aliphatic heterocycles. The van der Waals surface area contributed by atoms with Crippen LogP contribution >= 0.6 is 0 Å². The number of rotatable bonds is 3. The summed E-state index contributed by atoms with van der Waals surface area (Å²) in [6, 6.07) is 16.2. The van der Waals surface area contributed by atoms with E-state index >= 15 is 0 Å². The molecule has 3 nitrogen and oxygen atoms in total. The Labute approximate surface area is 115 Å². The maximum absolute atomic E-state index is 13.0. The molecule has 0 radical (unpaired) electrons. The predicted octanol–water partition coefficient (Wildman–Crippen LogP) is 4.05. The molecule has 0 bridgehead atoms. The fraction of sp³-hybridized carbons (Fsp3) is 0. The molecular weight excluding hydrogens is 255 g/mol. The van der Waals surface area contributed by atoms with Crippen LogP contribution in [0.5, 0.6) is 11.5 Å². The van der Waals surface area contributed by atoms with Gasteiger partial charge in [0.1, 0.15) is 35.0 Å². The van der Waals surface area contributed by atoms with Gasteiger partial charge in [0, 0.05) is 6.07 Å². The normalized spacial score (nSPS) is 9.15. The Hall–Kier alpha value is -3.11. The maximum Gasteiger partial charge on any atom is 0.130 e. The summed E-state index contributed by atoms with van der Waals surface area (Å²) in [5, 5.41) is 17.3. The highest BCUT2D eigenvalue weighted by molar-refractivity contribution is 5.62. The molecule has 4 heteroatoms. The van der Waals surface area contributed by atoms with Crippen LogP contribution in [0.1, 0.15) is 5.56 Å². The number of ether oxygens (including phenoxy) is 1. The first-order valence-corrected chi connectivity index (χ1v) is 5.76. The minimum Gasteiger partial charge on any atom is -0.457 e. The Kier molecular flexibility index (Phi) is 4.11. The van der Waals surface area contributed by atoms with Crippen LogP contribution in [-0.4, -0.2) is 0 Å². The first kappa shape index (κ1) is 13.3. The molecule has 0 aromatic heterocycles. The highest BCUT2D eigenvalue weighted by atomic mass is 19.1. The van der Waals surface area contributed by atoms with E-state index in [0.717, 1.165) is 5.56 Å². The van der Waals surface area contributed by atoms with Gasteiger partial charge < -0.3 is 4.74 Å². The number of hydrogen-bond acceptors (Lipinski definition) is 3. The van der Waals surface area contributed by atoms with Crippen molar-refractivity contribution in [2.24, 2.45) is 0 Å². The van der Waals surface area contributed by atoms with Gasteiger partial charge in [-0.1, -0.05) is 18.2 Å². The van der Waals surface area contributed by atoms with E-state index in [-0.39, 0.29) is 11.4 Å². The summed E-state index contributed by atoms with van der Waals surface area (Å²) in [6.45, 7) is 0. The van der Waals surface area contributed by atoms with Gasteiger partial charge in [-0.3, -0.25) is 0 Å². The van der Waals surface area contributed by atoms with Crippen molar-refractivity contribution in [2.45, 2.75) is 0 Å². The average molecular weight is 264 g/mol. The third kappa shape index (κ3) is 3.44. The lowest BCUT2D eigenvalue weighted by molar-refractivity contribution is 0.477. The average Bonchev–Trinajstić information content (AvgIpc) is 2.46. The van der Waals surface area contributed by atoms with Crippen molar-refractivity contribution in [3.8, 4) is 23.6 Å². The van der Waals surface area contributed by atoms with E-state index in [0.29, 0.717) is 11.5 Å². The highest BCUT2D eigenvalue weighted by Gasteiger charge is 1.99. The van der Waals surface area contributed by atoms with Gasteiger partial charge in [-0.05, 0) is 35.9 Å². The van der Waals surface area contributed by atoms with Crippen molar-refractivity contribution in [3.63, 3.8) is 0 Å². The van der Waals surface area contributed by atoms with E-state index in [2.05, 4.69) is 0 Å². The molecule has 0 spiro atoms. The molecule has 0 atom stereocenters. The third-order valence-electron chi connectivity index (χ3n) is 2.46. The Balaban J connectivity index is 2.16. The van der Waals surface area contributed by atoms with Crippen LogP contribution in [0.25, 0.3) is 6.08 Å². The van der Waals surface area contributed by atoms with Gasteiger partial charge in [0.25, 0.3) is 0 Å². The number of allylic oxidation sites excluding steroid dienone is 1. The fourth-order valence-electron chi connectivity index (χ4n) is 1.55.